The van der Waals surface area contributed by atoms with Gasteiger partial charge in [0, 0.05) is 6.20 Å². The maximum Gasteiger partial charge on any atom is 0.340 e. The Bertz CT molecular complexity index is 740. The van der Waals surface area contributed by atoms with E-state index in [0.29, 0.717) is 10.6 Å². The number of hydrogen-bond acceptors (Lipinski definition) is 5. The molecule has 1 amide bonds. The maximum atomic E-state index is 12.0. The van der Waals surface area contributed by atoms with E-state index in [0.717, 1.165) is 0 Å². The average Bonchev–Trinajstić information content (AvgIpc) is 2.57. The lowest BCUT2D eigenvalue weighted by Crippen LogP contribution is -2.32. The van der Waals surface area contributed by atoms with Gasteiger partial charge in [-0.15, -0.1) is 0 Å². The number of amides is 1. The molecule has 24 heavy (non-hydrogen) atoms. The van der Waals surface area contributed by atoms with Crippen LogP contribution in [0.5, 0.6) is 0 Å². The second-order valence-corrected chi connectivity index (χ2v) is 5.71. The number of halogens is 2. The summed E-state index contributed by atoms with van der Waals surface area (Å²) in [5.41, 5.74) is 0.373. The van der Waals surface area contributed by atoms with Crippen LogP contribution in [0.4, 0.5) is 5.82 Å². The Morgan fingerprint density at radius 2 is 1.92 bits per heavy atom. The summed E-state index contributed by atoms with van der Waals surface area (Å²) in [5.74, 6) is -1.48. The number of nitrogens with one attached hydrogen (secondary N) is 1. The van der Waals surface area contributed by atoms with Gasteiger partial charge in [0.1, 0.15) is 0 Å². The van der Waals surface area contributed by atoms with Crippen LogP contribution in [0.25, 0.3) is 0 Å². The number of aromatic nitrogens is 1. The van der Waals surface area contributed by atoms with Crippen LogP contribution in [0, 0.1) is 0 Å². The van der Waals surface area contributed by atoms with Crippen LogP contribution in [0.1, 0.15) is 18.6 Å². The van der Waals surface area contributed by atoms with Crippen molar-refractivity contribution in [1.82, 2.24) is 4.98 Å². The number of ether oxygens (including phenoxy) is 1. The molecule has 2 rings (SSSR count). The monoisotopic (exact) mass is 368 g/mol. The van der Waals surface area contributed by atoms with Crippen LogP contribution in [-0.4, -0.2) is 28.1 Å². The number of anilines is 1. The zero-order valence-electron chi connectivity index (χ0n) is 12.6. The molecule has 126 valence electrons. The molecule has 2 atom stereocenters. The number of aliphatic hydroxyl groups excluding tert-OH is 1. The van der Waals surface area contributed by atoms with E-state index < -0.39 is 24.1 Å². The first-order valence-electron chi connectivity index (χ1n) is 6.94. The van der Waals surface area contributed by atoms with E-state index in [2.05, 4.69) is 10.3 Å². The molecule has 1 aromatic carbocycles. The molecule has 0 unspecified atom stereocenters. The van der Waals surface area contributed by atoms with Gasteiger partial charge in [0.15, 0.2) is 18.0 Å². The van der Waals surface area contributed by atoms with E-state index >= 15 is 0 Å². The molecule has 0 aliphatic carbocycles. The molecule has 0 bridgehead atoms. The van der Waals surface area contributed by atoms with Crippen molar-refractivity contribution >= 4 is 40.9 Å². The largest absolute Gasteiger partial charge is 0.450 e. The highest BCUT2D eigenvalue weighted by Crippen LogP contribution is 2.23. The minimum atomic E-state index is -1.47. The van der Waals surface area contributed by atoms with E-state index in [1.165, 1.54) is 19.2 Å². The van der Waals surface area contributed by atoms with Crippen molar-refractivity contribution in [2.45, 2.75) is 19.1 Å². The highest BCUT2D eigenvalue weighted by atomic mass is 35.5. The van der Waals surface area contributed by atoms with Crippen molar-refractivity contribution in [2.24, 2.45) is 0 Å². The molecule has 0 radical (unpaired) electrons. The normalized spacial score (nSPS) is 13.0. The van der Waals surface area contributed by atoms with Gasteiger partial charge in [0.05, 0.1) is 10.0 Å². The minimum Gasteiger partial charge on any atom is -0.450 e. The molecule has 2 aromatic rings. The molecule has 0 aliphatic rings. The van der Waals surface area contributed by atoms with Crippen LogP contribution < -0.4 is 5.32 Å². The molecule has 0 fully saturated rings. The van der Waals surface area contributed by atoms with Crippen LogP contribution in [-0.2, 0) is 14.3 Å². The molecule has 0 spiro atoms. The Morgan fingerprint density at radius 1 is 1.25 bits per heavy atom. The summed E-state index contributed by atoms with van der Waals surface area (Å²) < 4.78 is 4.97. The van der Waals surface area contributed by atoms with Gasteiger partial charge in [-0.1, -0.05) is 53.5 Å². The van der Waals surface area contributed by atoms with Gasteiger partial charge in [-0.3, -0.25) is 4.79 Å². The summed E-state index contributed by atoms with van der Waals surface area (Å²) in [6.07, 6.45) is -1.30. The first kappa shape index (κ1) is 18.2. The molecule has 6 nitrogen and oxygen atoms in total. The standard InChI is InChI=1S/C16H14Cl2N2O4/c1-9(15(22)20-14-12(18)7-11(17)8-19-14)24-16(23)13(21)10-5-3-2-4-6-10/h2-9,13,21H,1H3,(H,19,20,22)/t9-,13+/m1/s1. The summed E-state index contributed by atoms with van der Waals surface area (Å²) in [7, 11) is 0. The second-order valence-electron chi connectivity index (χ2n) is 4.87. The third kappa shape index (κ3) is 4.67. The highest BCUT2D eigenvalue weighted by Gasteiger charge is 2.25. The molecule has 2 N–H and O–H groups in total. The summed E-state index contributed by atoms with van der Waals surface area (Å²) in [4.78, 5) is 27.8. The number of carbonyl (C=O) groups excluding carboxylic acids is 2. The number of aliphatic hydroxyl groups is 1. The quantitative estimate of drug-likeness (QED) is 0.791. The molecule has 0 aliphatic heterocycles. The predicted molar refractivity (Wildman–Crippen MR) is 89.8 cm³/mol. The summed E-state index contributed by atoms with van der Waals surface area (Å²) in [5, 5.41) is 12.8. The predicted octanol–water partition coefficient (Wildman–Crippen LogP) is 2.99. The van der Waals surface area contributed by atoms with Crippen LogP contribution in [0.3, 0.4) is 0 Å². The van der Waals surface area contributed by atoms with Gasteiger partial charge in [-0.25, -0.2) is 9.78 Å². The second kappa shape index (κ2) is 8.10. The molecule has 1 aromatic heterocycles. The molecule has 0 saturated heterocycles. The topological polar surface area (TPSA) is 88.5 Å². The molecular formula is C16H14Cl2N2O4. The van der Waals surface area contributed by atoms with Crippen molar-refractivity contribution in [3.05, 3.63) is 58.2 Å². The molecule has 8 heteroatoms. The number of pyridine rings is 1. The minimum absolute atomic E-state index is 0.0950. The molecule has 0 saturated carbocycles. The smallest absolute Gasteiger partial charge is 0.340 e. The number of hydrogen-bond donors (Lipinski definition) is 2. The van der Waals surface area contributed by atoms with Crippen molar-refractivity contribution < 1.29 is 19.4 Å². The first-order chi connectivity index (χ1) is 11.4. The average molecular weight is 369 g/mol. The first-order valence-corrected chi connectivity index (χ1v) is 7.69. The highest BCUT2D eigenvalue weighted by molar-refractivity contribution is 6.36. The van der Waals surface area contributed by atoms with Gasteiger partial charge in [0.2, 0.25) is 0 Å². The zero-order chi connectivity index (χ0) is 17.7. The van der Waals surface area contributed by atoms with Crippen molar-refractivity contribution in [2.75, 3.05) is 5.32 Å². The van der Waals surface area contributed by atoms with E-state index in [1.54, 1.807) is 30.3 Å². The number of rotatable bonds is 5. The summed E-state index contributed by atoms with van der Waals surface area (Å²) in [6, 6.07) is 9.68. The Labute approximate surface area is 148 Å². The third-order valence-corrected chi connectivity index (χ3v) is 3.54. The van der Waals surface area contributed by atoms with Gasteiger partial charge < -0.3 is 15.2 Å². The Kier molecular flexibility index (Phi) is 6.14. The number of benzene rings is 1. The van der Waals surface area contributed by atoms with E-state index in [4.69, 9.17) is 27.9 Å². The Morgan fingerprint density at radius 3 is 2.54 bits per heavy atom. The van der Waals surface area contributed by atoms with Crippen LogP contribution in [0.15, 0.2) is 42.6 Å². The number of nitrogens with zero attached hydrogens (tertiary/aromatic N) is 1. The summed E-state index contributed by atoms with van der Waals surface area (Å²) in [6.45, 7) is 1.37. The van der Waals surface area contributed by atoms with Crippen molar-refractivity contribution in [3.63, 3.8) is 0 Å². The van der Waals surface area contributed by atoms with Gasteiger partial charge in [-0.2, -0.15) is 0 Å². The fraction of sp³-hybridized carbons (Fsp3) is 0.188. The van der Waals surface area contributed by atoms with E-state index in [1.807, 2.05) is 0 Å². The number of esters is 1. The maximum absolute atomic E-state index is 12.0. The van der Waals surface area contributed by atoms with Gasteiger partial charge in [0.25, 0.3) is 5.91 Å². The lowest BCUT2D eigenvalue weighted by Gasteiger charge is -2.16. The van der Waals surface area contributed by atoms with Crippen LogP contribution >= 0.6 is 23.2 Å². The SMILES string of the molecule is C[C@@H](OC(=O)[C@@H](O)c1ccccc1)C(=O)Nc1ncc(Cl)cc1Cl. The van der Waals surface area contributed by atoms with Gasteiger partial charge >= 0.3 is 5.97 Å². The summed E-state index contributed by atoms with van der Waals surface area (Å²) >= 11 is 11.6. The number of carbonyl (C=O) groups is 2. The lowest BCUT2D eigenvalue weighted by molar-refractivity contribution is -0.162. The van der Waals surface area contributed by atoms with E-state index in [9.17, 15) is 14.7 Å². The lowest BCUT2D eigenvalue weighted by atomic mass is 10.1. The molecule has 1 heterocycles. The van der Waals surface area contributed by atoms with E-state index in [-0.39, 0.29) is 10.8 Å². The van der Waals surface area contributed by atoms with Crippen molar-refractivity contribution in [3.8, 4) is 0 Å². The molecular weight excluding hydrogens is 355 g/mol. The fourth-order valence-corrected chi connectivity index (χ4v) is 2.22. The Hall–Kier alpha value is -2.15. The third-order valence-electron chi connectivity index (χ3n) is 3.05. The zero-order valence-corrected chi connectivity index (χ0v) is 14.1. The van der Waals surface area contributed by atoms with Gasteiger partial charge in [-0.05, 0) is 18.6 Å². The fourth-order valence-electron chi connectivity index (χ4n) is 1.79. The van der Waals surface area contributed by atoms with Crippen molar-refractivity contribution in [1.29, 1.82) is 0 Å². The van der Waals surface area contributed by atoms with Crippen LogP contribution in [0.2, 0.25) is 10.0 Å². The Balaban J connectivity index is 1.97.